The number of hydrogen-bond donors (Lipinski definition) is 1. The van der Waals surface area contributed by atoms with E-state index >= 15 is 0 Å². The molecule has 0 fully saturated rings. The van der Waals surface area contributed by atoms with Gasteiger partial charge in [-0.15, -0.1) is 0 Å². The van der Waals surface area contributed by atoms with Crippen molar-refractivity contribution in [3.8, 4) is 11.3 Å². The van der Waals surface area contributed by atoms with Gasteiger partial charge in [-0.3, -0.25) is 4.79 Å². The van der Waals surface area contributed by atoms with Crippen molar-refractivity contribution in [1.82, 2.24) is 9.97 Å². The molecule has 0 saturated carbocycles. The first kappa shape index (κ1) is 22.8. The predicted octanol–water partition coefficient (Wildman–Crippen LogP) is 5.63. The number of fused-ring (bicyclic) bond motifs is 3. The minimum absolute atomic E-state index is 0.129. The molecule has 1 aromatic heterocycles. The van der Waals surface area contributed by atoms with E-state index < -0.39 is 17.5 Å². The van der Waals surface area contributed by atoms with Crippen LogP contribution in [-0.4, -0.2) is 15.9 Å². The fourth-order valence-electron chi connectivity index (χ4n) is 4.34. The number of halogens is 3. The SMILES string of the molecule is O=C(Cc1ccc(F)c(F)c1)Nc1nc2c(nc1CCc1ccccc1)-c1ccc(F)cc1CC2. The number of hydrogen-bond acceptors (Lipinski definition) is 3. The third-order valence-corrected chi connectivity index (χ3v) is 6.09. The Morgan fingerprint density at radius 3 is 2.46 bits per heavy atom. The molecule has 3 aromatic carbocycles. The molecule has 176 valence electrons. The number of carbonyl (C=O) groups is 1. The van der Waals surface area contributed by atoms with Gasteiger partial charge in [-0.05, 0) is 72.7 Å². The molecule has 7 heteroatoms. The van der Waals surface area contributed by atoms with Crippen LogP contribution in [-0.2, 0) is 36.9 Å². The largest absolute Gasteiger partial charge is 0.309 e. The average Bonchev–Trinajstić information content (AvgIpc) is 2.85. The van der Waals surface area contributed by atoms with Gasteiger partial charge in [0.25, 0.3) is 0 Å². The molecule has 0 bridgehead atoms. The number of anilines is 1. The van der Waals surface area contributed by atoms with Crippen LogP contribution in [0.4, 0.5) is 19.0 Å². The molecule has 4 aromatic rings. The molecule has 0 aliphatic heterocycles. The maximum Gasteiger partial charge on any atom is 0.229 e. The summed E-state index contributed by atoms with van der Waals surface area (Å²) < 4.78 is 40.6. The molecule has 4 nitrogen and oxygen atoms in total. The number of nitrogens with zero attached hydrogens (tertiary/aromatic N) is 2. The Morgan fingerprint density at radius 1 is 0.829 bits per heavy atom. The Hall–Kier alpha value is -4.00. The van der Waals surface area contributed by atoms with Crippen LogP contribution in [0.1, 0.15) is 28.1 Å². The predicted molar refractivity (Wildman–Crippen MR) is 127 cm³/mol. The number of aromatic nitrogens is 2. The lowest BCUT2D eigenvalue weighted by Crippen LogP contribution is -2.20. The number of nitrogens with one attached hydrogen (secondary N) is 1. The smallest absolute Gasteiger partial charge is 0.229 e. The van der Waals surface area contributed by atoms with Crippen LogP contribution in [0.3, 0.4) is 0 Å². The van der Waals surface area contributed by atoms with E-state index in [9.17, 15) is 18.0 Å². The molecular formula is C28H22F3N3O. The first-order valence-corrected chi connectivity index (χ1v) is 11.4. The topological polar surface area (TPSA) is 54.9 Å². The van der Waals surface area contributed by atoms with Gasteiger partial charge in [0.2, 0.25) is 5.91 Å². The third kappa shape index (κ3) is 5.09. The summed E-state index contributed by atoms with van der Waals surface area (Å²) in [6, 6.07) is 18.0. The van der Waals surface area contributed by atoms with Crippen LogP contribution in [0.15, 0.2) is 66.7 Å². The molecule has 1 N–H and O–H groups in total. The van der Waals surface area contributed by atoms with Crippen molar-refractivity contribution in [1.29, 1.82) is 0 Å². The van der Waals surface area contributed by atoms with Crippen LogP contribution in [0, 0.1) is 17.5 Å². The summed E-state index contributed by atoms with van der Waals surface area (Å²) >= 11 is 0. The fraction of sp³-hybridized carbons (Fsp3) is 0.179. The van der Waals surface area contributed by atoms with Crippen LogP contribution >= 0.6 is 0 Å². The number of carbonyl (C=O) groups excluding carboxylic acids is 1. The second-order valence-electron chi connectivity index (χ2n) is 8.57. The molecule has 0 saturated heterocycles. The van der Waals surface area contributed by atoms with E-state index in [2.05, 4.69) is 5.32 Å². The molecular weight excluding hydrogens is 451 g/mol. The molecule has 0 radical (unpaired) electrons. The van der Waals surface area contributed by atoms with Crippen LogP contribution in [0.2, 0.25) is 0 Å². The molecule has 0 unspecified atom stereocenters. The maximum atomic E-state index is 13.8. The Morgan fingerprint density at radius 2 is 1.66 bits per heavy atom. The van der Waals surface area contributed by atoms with Crippen molar-refractivity contribution in [2.75, 3.05) is 5.32 Å². The average molecular weight is 473 g/mol. The summed E-state index contributed by atoms with van der Waals surface area (Å²) in [5.74, 6) is -2.28. The summed E-state index contributed by atoms with van der Waals surface area (Å²) in [5.41, 5.74) is 5.26. The molecule has 1 heterocycles. The van der Waals surface area contributed by atoms with E-state index in [1.165, 1.54) is 18.2 Å². The quantitative estimate of drug-likeness (QED) is 0.395. The highest BCUT2D eigenvalue weighted by molar-refractivity contribution is 5.92. The molecule has 1 aliphatic rings. The number of aryl methyl sites for hydroxylation is 4. The fourth-order valence-corrected chi connectivity index (χ4v) is 4.34. The van der Waals surface area contributed by atoms with Crippen LogP contribution in [0.5, 0.6) is 0 Å². The second kappa shape index (κ2) is 9.70. The molecule has 0 atom stereocenters. The molecule has 5 rings (SSSR count). The minimum Gasteiger partial charge on any atom is -0.309 e. The van der Waals surface area contributed by atoms with Gasteiger partial charge < -0.3 is 5.32 Å². The highest BCUT2D eigenvalue weighted by atomic mass is 19.2. The Labute approximate surface area is 200 Å². The van der Waals surface area contributed by atoms with Gasteiger partial charge >= 0.3 is 0 Å². The number of rotatable bonds is 6. The highest BCUT2D eigenvalue weighted by Gasteiger charge is 2.23. The molecule has 1 aliphatic carbocycles. The normalized spacial score (nSPS) is 12.1. The zero-order valence-electron chi connectivity index (χ0n) is 18.8. The maximum absolute atomic E-state index is 13.8. The minimum atomic E-state index is -0.998. The molecule has 35 heavy (non-hydrogen) atoms. The molecule has 1 amide bonds. The standard InChI is InChI=1S/C28H22F3N3O/c29-20-9-10-21-19(16-20)8-13-24-27(21)32-25(12-7-17-4-2-1-3-5-17)28(33-24)34-26(35)15-18-6-11-22(30)23(31)14-18/h1-6,9-11,14,16H,7-8,12-13,15H2,(H,33,34,35). The van der Waals surface area contributed by atoms with Gasteiger partial charge in [0, 0.05) is 5.56 Å². The molecule has 0 spiro atoms. The Kier molecular flexibility index (Phi) is 6.31. The summed E-state index contributed by atoms with van der Waals surface area (Å²) in [4.78, 5) is 22.4. The van der Waals surface area contributed by atoms with Crippen LogP contribution in [0.25, 0.3) is 11.3 Å². The highest BCUT2D eigenvalue weighted by Crippen LogP contribution is 2.33. The summed E-state index contributed by atoms with van der Waals surface area (Å²) in [5, 5.41) is 2.82. The van der Waals surface area contributed by atoms with E-state index in [1.54, 1.807) is 6.07 Å². The summed E-state index contributed by atoms with van der Waals surface area (Å²) in [7, 11) is 0. The summed E-state index contributed by atoms with van der Waals surface area (Å²) in [6.45, 7) is 0. The number of amides is 1. The third-order valence-electron chi connectivity index (χ3n) is 6.09. The van der Waals surface area contributed by atoms with Gasteiger partial charge in [-0.1, -0.05) is 36.4 Å². The van der Waals surface area contributed by atoms with E-state index in [-0.39, 0.29) is 12.2 Å². The van der Waals surface area contributed by atoms with Crippen molar-refractivity contribution < 1.29 is 18.0 Å². The number of benzene rings is 3. The van der Waals surface area contributed by atoms with Gasteiger partial charge in [0.1, 0.15) is 5.82 Å². The second-order valence-corrected chi connectivity index (χ2v) is 8.57. The van der Waals surface area contributed by atoms with Gasteiger partial charge in [0.05, 0.1) is 23.5 Å². The van der Waals surface area contributed by atoms with Gasteiger partial charge in [0.15, 0.2) is 17.5 Å². The zero-order valence-corrected chi connectivity index (χ0v) is 18.8. The Balaban J connectivity index is 1.46. The van der Waals surface area contributed by atoms with Gasteiger partial charge in [-0.25, -0.2) is 23.1 Å². The van der Waals surface area contributed by atoms with E-state index in [4.69, 9.17) is 9.97 Å². The van der Waals surface area contributed by atoms with Crippen LogP contribution < -0.4 is 5.32 Å². The summed E-state index contributed by atoms with van der Waals surface area (Å²) in [6.07, 6.45) is 2.29. The lowest BCUT2D eigenvalue weighted by atomic mass is 9.91. The van der Waals surface area contributed by atoms with Crippen molar-refractivity contribution in [3.63, 3.8) is 0 Å². The monoisotopic (exact) mass is 473 g/mol. The lowest BCUT2D eigenvalue weighted by molar-refractivity contribution is -0.115. The van der Waals surface area contributed by atoms with E-state index in [0.29, 0.717) is 48.5 Å². The Bertz CT molecular complexity index is 1410. The van der Waals surface area contributed by atoms with Crippen molar-refractivity contribution in [3.05, 3.63) is 112 Å². The van der Waals surface area contributed by atoms with Crippen molar-refractivity contribution in [2.24, 2.45) is 0 Å². The first-order chi connectivity index (χ1) is 17.0. The van der Waals surface area contributed by atoms with E-state index in [0.717, 1.165) is 34.5 Å². The van der Waals surface area contributed by atoms with Crippen molar-refractivity contribution >= 4 is 11.7 Å². The first-order valence-electron chi connectivity index (χ1n) is 11.4. The van der Waals surface area contributed by atoms with Crippen molar-refractivity contribution in [2.45, 2.75) is 32.1 Å². The lowest BCUT2D eigenvalue weighted by Gasteiger charge is -2.21. The van der Waals surface area contributed by atoms with Gasteiger partial charge in [-0.2, -0.15) is 0 Å². The van der Waals surface area contributed by atoms with E-state index in [1.807, 2.05) is 30.3 Å². The zero-order chi connectivity index (χ0) is 24.4.